The first-order valence-corrected chi connectivity index (χ1v) is 2.51. The van der Waals surface area contributed by atoms with Crippen molar-refractivity contribution in [3.8, 4) is 5.88 Å². The van der Waals surface area contributed by atoms with E-state index in [1.54, 1.807) is 0 Å². The molecule has 0 bridgehead atoms. The molecule has 52 valence electrons. The van der Waals surface area contributed by atoms with E-state index >= 15 is 0 Å². The average molecular weight is 139 g/mol. The third-order valence-corrected chi connectivity index (χ3v) is 0.874. The van der Waals surface area contributed by atoms with Crippen molar-refractivity contribution in [2.24, 2.45) is 5.73 Å². The monoisotopic (exact) mass is 139 g/mol. The van der Waals surface area contributed by atoms with Gasteiger partial charge in [0.05, 0.1) is 12.4 Å². The van der Waals surface area contributed by atoms with Crippen molar-refractivity contribution in [3.63, 3.8) is 0 Å². The molecule has 1 aromatic rings. The third-order valence-electron chi connectivity index (χ3n) is 0.874. The zero-order chi connectivity index (χ0) is 7.56. The Kier molecular flexibility index (Phi) is 1.49. The summed E-state index contributed by atoms with van der Waals surface area (Å²) < 4.78 is 0. The lowest BCUT2D eigenvalue weighted by atomic mass is 10.4. The van der Waals surface area contributed by atoms with E-state index in [0.717, 1.165) is 6.20 Å². The highest BCUT2D eigenvalue weighted by atomic mass is 16.3. The van der Waals surface area contributed by atoms with Gasteiger partial charge in [0.2, 0.25) is 5.88 Å². The Balaban J connectivity index is 3.07. The number of hydrogen-bond donors (Lipinski definition) is 2. The van der Waals surface area contributed by atoms with Gasteiger partial charge in [-0.25, -0.2) is 4.98 Å². The maximum Gasteiger partial charge on any atom is 0.269 e. The van der Waals surface area contributed by atoms with Crippen LogP contribution in [-0.2, 0) is 0 Å². The molecule has 0 unspecified atom stereocenters. The lowest BCUT2D eigenvalue weighted by Gasteiger charge is -1.91. The summed E-state index contributed by atoms with van der Waals surface area (Å²) in [5.41, 5.74) is 4.79. The van der Waals surface area contributed by atoms with Crippen molar-refractivity contribution in [2.45, 2.75) is 0 Å². The first kappa shape index (κ1) is 6.47. The van der Waals surface area contributed by atoms with Gasteiger partial charge in [-0.3, -0.25) is 9.78 Å². The van der Waals surface area contributed by atoms with Crippen molar-refractivity contribution in [1.82, 2.24) is 9.97 Å². The molecule has 0 radical (unpaired) electrons. The van der Waals surface area contributed by atoms with Gasteiger partial charge in [0.15, 0.2) is 0 Å². The Bertz CT molecular complexity index is 261. The fourth-order valence-corrected chi connectivity index (χ4v) is 0.474. The maximum absolute atomic E-state index is 10.4. The number of aromatic hydroxyl groups is 1. The molecule has 10 heavy (non-hydrogen) atoms. The van der Waals surface area contributed by atoms with Crippen molar-refractivity contribution in [2.75, 3.05) is 0 Å². The molecule has 0 aliphatic rings. The Morgan fingerprint density at radius 1 is 1.60 bits per heavy atom. The second-order valence-electron chi connectivity index (χ2n) is 1.63. The van der Waals surface area contributed by atoms with E-state index in [9.17, 15) is 4.79 Å². The molecule has 3 N–H and O–H groups in total. The van der Waals surface area contributed by atoms with Gasteiger partial charge in [0.25, 0.3) is 5.91 Å². The predicted octanol–water partition coefficient (Wildman–Crippen LogP) is -0.719. The summed E-state index contributed by atoms with van der Waals surface area (Å²) in [4.78, 5) is 17.2. The number of amides is 1. The Morgan fingerprint density at radius 2 is 2.30 bits per heavy atom. The number of carbonyl (C=O) groups excluding carboxylic acids is 1. The number of nitrogens with zero attached hydrogens (tertiary/aromatic N) is 2. The van der Waals surface area contributed by atoms with Crippen LogP contribution >= 0.6 is 0 Å². The van der Waals surface area contributed by atoms with Crippen LogP contribution in [0, 0.1) is 0 Å². The molecule has 0 atom stereocenters. The molecule has 1 amide bonds. The summed E-state index contributed by atoms with van der Waals surface area (Å²) in [5, 5.41) is 8.68. The predicted molar refractivity (Wildman–Crippen MR) is 32.2 cm³/mol. The molecule has 5 nitrogen and oxygen atoms in total. The van der Waals surface area contributed by atoms with Crippen LogP contribution in [0.1, 0.15) is 10.5 Å². The quantitative estimate of drug-likeness (QED) is 0.537. The van der Waals surface area contributed by atoms with Crippen LogP contribution in [0.25, 0.3) is 0 Å². The molecule has 1 rings (SSSR count). The highest BCUT2D eigenvalue weighted by molar-refractivity contribution is 5.90. The molecule has 0 aliphatic heterocycles. The summed E-state index contributed by atoms with van der Waals surface area (Å²) in [6.45, 7) is 0. The van der Waals surface area contributed by atoms with Crippen LogP contribution in [0.3, 0.4) is 0 Å². The van der Waals surface area contributed by atoms with Crippen LogP contribution in [0.2, 0.25) is 0 Å². The smallest absolute Gasteiger partial charge is 0.269 e. The molecule has 0 saturated carbocycles. The summed E-state index contributed by atoms with van der Waals surface area (Å²) in [7, 11) is 0. The molecular weight excluding hydrogens is 134 g/mol. The molecule has 0 fully saturated rings. The van der Waals surface area contributed by atoms with Gasteiger partial charge < -0.3 is 10.8 Å². The molecule has 1 heterocycles. The largest absolute Gasteiger partial charge is 0.492 e. The second-order valence-corrected chi connectivity index (χ2v) is 1.63. The highest BCUT2D eigenvalue weighted by Crippen LogP contribution is 1.99. The Morgan fingerprint density at radius 3 is 2.70 bits per heavy atom. The van der Waals surface area contributed by atoms with E-state index in [2.05, 4.69) is 9.97 Å². The number of nitrogens with two attached hydrogens (primary N) is 1. The van der Waals surface area contributed by atoms with Crippen molar-refractivity contribution >= 4 is 5.91 Å². The number of primary amides is 1. The molecule has 5 heteroatoms. The molecule has 0 aliphatic carbocycles. The maximum atomic E-state index is 10.4. The molecule has 0 aromatic carbocycles. The van der Waals surface area contributed by atoms with E-state index in [4.69, 9.17) is 10.8 Å². The van der Waals surface area contributed by atoms with Gasteiger partial charge in [-0.2, -0.15) is 0 Å². The van der Waals surface area contributed by atoms with Crippen LogP contribution in [0.15, 0.2) is 12.4 Å². The second kappa shape index (κ2) is 2.30. The fraction of sp³-hybridized carbons (Fsp3) is 0. The number of hydrogen-bond acceptors (Lipinski definition) is 4. The molecule has 1 aromatic heterocycles. The standard InChI is InChI=1S/C5H5N3O2/c6-5(10)3-1-7-2-4(9)8-3/h1-2H,(H2,6,10)(H,8,9). The first-order valence-electron chi connectivity index (χ1n) is 2.51. The molecule has 0 spiro atoms. The minimum atomic E-state index is -0.705. The van der Waals surface area contributed by atoms with E-state index in [-0.39, 0.29) is 11.6 Å². The van der Waals surface area contributed by atoms with Crippen LogP contribution < -0.4 is 5.73 Å². The third kappa shape index (κ3) is 1.19. The van der Waals surface area contributed by atoms with Gasteiger partial charge in [0.1, 0.15) is 5.69 Å². The zero-order valence-electron chi connectivity index (χ0n) is 4.98. The minimum Gasteiger partial charge on any atom is -0.492 e. The Labute approximate surface area is 56.5 Å². The van der Waals surface area contributed by atoms with E-state index < -0.39 is 5.91 Å². The van der Waals surface area contributed by atoms with Gasteiger partial charge in [0, 0.05) is 0 Å². The Hall–Kier alpha value is -1.65. The van der Waals surface area contributed by atoms with Crippen LogP contribution in [0.5, 0.6) is 5.88 Å². The van der Waals surface area contributed by atoms with Crippen molar-refractivity contribution in [1.29, 1.82) is 0 Å². The summed E-state index contributed by atoms with van der Waals surface area (Å²) in [5.74, 6) is -1.01. The van der Waals surface area contributed by atoms with E-state index in [0.29, 0.717) is 0 Å². The van der Waals surface area contributed by atoms with Gasteiger partial charge in [-0.1, -0.05) is 0 Å². The fourth-order valence-electron chi connectivity index (χ4n) is 0.474. The van der Waals surface area contributed by atoms with E-state index in [1.165, 1.54) is 6.20 Å². The average Bonchev–Trinajstić information content (AvgIpc) is 1.88. The topological polar surface area (TPSA) is 89.1 Å². The van der Waals surface area contributed by atoms with Crippen molar-refractivity contribution in [3.05, 3.63) is 18.1 Å². The van der Waals surface area contributed by atoms with E-state index in [1.807, 2.05) is 0 Å². The minimum absolute atomic E-state index is 0.0417. The molecule has 0 saturated heterocycles. The normalized spacial score (nSPS) is 9.20. The summed E-state index contributed by atoms with van der Waals surface area (Å²) in [6, 6.07) is 0. The van der Waals surface area contributed by atoms with Gasteiger partial charge in [-0.05, 0) is 0 Å². The number of carbonyl (C=O) groups is 1. The summed E-state index contributed by atoms with van der Waals surface area (Å²) >= 11 is 0. The first-order chi connectivity index (χ1) is 4.70. The lowest BCUT2D eigenvalue weighted by molar-refractivity contribution is 0.0994. The lowest BCUT2D eigenvalue weighted by Crippen LogP contribution is -2.12. The van der Waals surface area contributed by atoms with Crippen LogP contribution in [-0.4, -0.2) is 21.0 Å². The number of rotatable bonds is 1. The molecular formula is C5H5N3O2. The number of aromatic nitrogens is 2. The van der Waals surface area contributed by atoms with Crippen LogP contribution in [0.4, 0.5) is 0 Å². The highest BCUT2D eigenvalue weighted by Gasteiger charge is 2.01. The zero-order valence-corrected chi connectivity index (χ0v) is 4.98. The van der Waals surface area contributed by atoms with Gasteiger partial charge >= 0.3 is 0 Å². The SMILES string of the molecule is NC(=O)c1cncc(O)n1. The van der Waals surface area contributed by atoms with Gasteiger partial charge in [-0.15, -0.1) is 0 Å². The van der Waals surface area contributed by atoms with Crippen molar-refractivity contribution < 1.29 is 9.90 Å². The summed E-state index contributed by atoms with van der Waals surface area (Å²) in [6.07, 6.45) is 2.30.